The first-order chi connectivity index (χ1) is 8.15. The van der Waals surface area contributed by atoms with Crippen LogP contribution in [-0.2, 0) is 0 Å². The number of aromatic nitrogens is 2. The van der Waals surface area contributed by atoms with Crippen molar-refractivity contribution in [2.24, 2.45) is 11.7 Å². The van der Waals surface area contributed by atoms with Gasteiger partial charge in [0.1, 0.15) is 16.5 Å². The Morgan fingerprint density at radius 2 is 2.00 bits per heavy atom. The molecular formula is C12H18N4S. The smallest absolute Gasteiger partial charge is 0.144 e. The maximum atomic E-state index is 5.47. The van der Waals surface area contributed by atoms with E-state index >= 15 is 0 Å². The summed E-state index contributed by atoms with van der Waals surface area (Å²) in [6, 6.07) is 0.524. The zero-order valence-corrected chi connectivity index (χ0v) is 10.8. The maximum Gasteiger partial charge on any atom is 0.144 e. The highest BCUT2D eigenvalue weighted by atomic mass is 32.1. The number of thiocarbonyl (C=S) groups is 1. The van der Waals surface area contributed by atoms with Crippen molar-refractivity contribution in [3.05, 3.63) is 18.1 Å². The molecule has 0 unspecified atom stereocenters. The van der Waals surface area contributed by atoms with Crippen LogP contribution in [-0.4, -0.2) is 21.0 Å². The van der Waals surface area contributed by atoms with Gasteiger partial charge in [0.05, 0.1) is 12.4 Å². The molecule has 0 radical (unpaired) electrons. The average Bonchev–Trinajstić information content (AvgIpc) is 2.33. The largest absolute Gasteiger partial charge is 0.388 e. The standard InChI is InChI=1S/C12H18N4S/c1-8-2-4-9(5-3-8)16-11-7-14-10(6-15-11)12(13)17/h6-9H,2-5H2,1H3,(H2,13,17)(H,15,16). The Morgan fingerprint density at radius 1 is 1.29 bits per heavy atom. The Morgan fingerprint density at radius 3 is 2.53 bits per heavy atom. The third kappa shape index (κ3) is 3.36. The molecule has 92 valence electrons. The minimum Gasteiger partial charge on any atom is -0.388 e. The highest BCUT2D eigenvalue weighted by Crippen LogP contribution is 2.25. The van der Waals surface area contributed by atoms with Crippen molar-refractivity contribution in [1.29, 1.82) is 0 Å². The first-order valence-corrected chi connectivity index (χ1v) is 6.44. The predicted octanol–water partition coefficient (Wildman–Crippen LogP) is 2.10. The molecule has 2 rings (SSSR count). The molecular weight excluding hydrogens is 232 g/mol. The molecule has 1 fully saturated rings. The van der Waals surface area contributed by atoms with Crippen molar-refractivity contribution in [3.63, 3.8) is 0 Å². The summed E-state index contributed by atoms with van der Waals surface area (Å²) in [5.41, 5.74) is 6.04. The SMILES string of the molecule is CC1CCC(Nc2cnc(C(N)=S)cn2)CC1. The van der Waals surface area contributed by atoms with Crippen LogP contribution in [0.2, 0.25) is 0 Å². The van der Waals surface area contributed by atoms with E-state index in [2.05, 4.69) is 22.2 Å². The van der Waals surface area contributed by atoms with Gasteiger partial charge < -0.3 is 11.1 Å². The van der Waals surface area contributed by atoms with E-state index in [0.717, 1.165) is 11.7 Å². The van der Waals surface area contributed by atoms with Gasteiger partial charge in [0.2, 0.25) is 0 Å². The van der Waals surface area contributed by atoms with Crippen molar-refractivity contribution in [2.45, 2.75) is 38.6 Å². The van der Waals surface area contributed by atoms with Crippen LogP contribution in [0.25, 0.3) is 0 Å². The van der Waals surface area contributed by atoms with E-state index in [-0.39, 0.29) is 4.99 Å². The molecule has 0 amide bonds. The summed E-state index contributed by atoms with van der Waals surface area (Å²) in [5, 5.41) is 3.41. The lowest BCUT2D eigenvalue weighted by Crippen LogP contribution is -2.25. The van der Waals surface area contributed by atoms with Crippen molar-refractivity contribution in [3.8, 4) is 0 Å². The molecule has 1 aromatic rings. The second-order valence-corrected chi connectivity index (χ2v) is 5.19. The Kier molecular flexibility index (Phi) is 3.89. The zero-order valence-electron chi connectivity index (χ0n) is 10.0. The van der Waals surface area contributed by atoms with Gasteiger partial charge in [0.25, 0.3) is 0 Å². The van der Waals surface area contributed by atoms with Crippen LogP contribution < -0.4 is 11.1 Å². The van der Waals surface area contributed by atoms with Gasteiger partial charge in [0.15, 0.2) is 0 Å². The molecule has 1 aromatic heterocycles. The summed E-state index contributed by atoms with van der Waals surface area (Å²) < 4.78 is 0. The molecule has 5 heteroatoms. The fourth-order valence-electron chi connectivity index (χ4n) is 2.14. The van der Waals surface area contributed by atoms with Crippen LogP contribution in [0, 0.1) is 5.92 Å². The summed E-state index contributed by atoms with van der Waals surface area (Å²) in [7, 11) is 0. The number of nitrogens with one attached hydrogen (secondary N) is 1. The lowest BCUT2D eigenvalue weighted by molar-refractivity contribution is 0.361. The van der Waals surface area contributed by atoms with Crippen LogP contribution in [0.3, 0.4) is 0 Å². The molecule has 4 nitrogen and oxygen atoms in total. The van der Waals surface area contributed by atoms with Crippen LogP contribution in [0.4, 0.5) is 5.82 Å². The minimum absolute atomic E-state index is 0.288. The number of anilines is 1. The monoisotopic (exact) mass is 250 g/mol. The van der Waals surface area contributed by atoms with E-state index < -0.39 is 0 Å². The zero-order chi connectivity index (χ0) is 12.3. The third-order valence-corrected chi connectivity index (χ3v) is 3.48. The quantitative estimate of drug-likeness (QED) is 0.804. The van der Waals surface area contributed by atoms with Crippen molar-refractivity contribution < 1.29 is 0 Å². The van der Waals surface area contributed by atoms with Crippen LogP contribution in [0.15, 0.2) is 12.4 Å². The first-order valence-electron chi connectivity index (χ1n) is 6.03. The number of hydrogen-bond donors (Lipinski definition) is 2. The first kappa shape index (κ1) is 12.2. The lowest BCUT2D eigenvalue weighted by atomic mass is 9.87. The average molecular weight is 250 g/mol. The molecule has 3 N–H and O–H groups in total. The Bertz CT molecular complexity index is 382. The van der Waals surface area contributed by atoms with Gasteiger partial charge in [0, 0.05) is 6.04 Å². The van der Waals surface area contributed by atoms with E-state index in [1.807, 2.05) is 0 Å². The molecule has 0 aromatic carbocycles. The van der Waals surface area contributed by atoms with Crippen molar-refractivity contribution in [2.75, 3.05) is 5.32 Å². The number of nitrogens with two attached hydrogens (primary N) is 1. The third-order valence-electron chi connectivity index (χ3n) is 3.27. The molecule has 1 heterocycles. The second-order valence-electron chi connectivity index (χ2n) is 4.75. The van der Waals surface area contributed by atoms with E-state index in [1.165, 1.54) is 25.7 Å². The normalized spacial score (nSPS) is 24.3. The fourth-order valence-corrected chi connectivity index (χ4v) is 2.25. The fraction of sp³-hybridized carbons (Fsp3) is 0.583. The van der Waals surface area contributed by atoms with Crippen LogP contribution in [0.5, 0.6) is 0 Å². The molecule has 1 aliphatic rings. The summed E-state index contributed by atoms with van der Waals surface area (Å²) in [6.45, 7) is 2.31. The molecule has 0 bridgehead atoms. The highest BCUT2D eigenvalue weighted by Gasteiger charge is 2.18. The number of hydrogen-bond acceptors (Lipinski definition) is 4. The van der Waals surface area contributed by atoms with Crippen molar-refractivity contribution in [1.82, 2.24) is 9.97 Å². The molecule has 1 saturated carbocycles. The van der Waals surface area contributed by atoms with Gasteiger partial charge in [-0.05, 0) is 31.6 Å². The van der Waals surface area contributed by atoms with Gasteiger partial charge in [-0.2, -0.15) is 0 Å². The van der Waals surface area contributed by atoms with Gasteiger partial charge in [-0.15, -0.1) is 0 Å². The Hall–Kier alpha value is -1.23. The van der Waals surface area contributed by atoms with Gasteiger partial charge in [-0.3, -0.25) is 0 Å². The van der Waals surface area contributed by atoms with E-state index in [9.17, 15) is 0 Å². The lowest BCUT2D eigenvalue weighted by Gasteiger charge is -2.27. The molecule has 0 saturated heterocycles. The number of nitrogens with zero attached hydrogens (tertiary/aromatic N) is 2. The molecule has 17 heavy (non-hydrogen) atoms. The van der Waals surface area contributed by atoms with Crippen LogP contribution >= 0.6 is 12.2 Å². The maximum absolute atomic E-state index is 5.47. The van der Waals surface area contributed by atoms with Gasteiger partial charge in [-0.25, -0.2) is 9.97 Å². The topological polar surface area (TPSA) is 63.8 Å². The van der Waals surface area contributed by atoms with E-state index in [0.29, 0.717) is 11.7 Å². The molecule has 0 spiro atoms. The summed E-state index contributed by atoms with van der Waals surface area (Å²) in [6.07, 6.45) is 8.31. The van der Waals surface area contributed by atoms with Crippen LogP contribution in [0.1, 0.15) is 38.3 Å². The van der Waals surface area contributed by atoms with Gasteiger partial charge in [-0.1, -0.05) is 19.1 Å². The predicted molar refractivity (Wildman–Crippen MR) is 73.0 cm³/mol. The molecule has 1 aliphatic carbocycles. The van der Waals surface area contributed by atoms with Crippen molar-refractivity contribution >= 4 is 23.0 Å². The van der Waals surface area contributed by atoms with E-state index in [4.69, 9.17) is 18.0 Å². The Labute approximate surface area is 107 Å². The summed E-state index contributed by atoms with van der Waals surface area (Å²) >= 11 is 4.83. The summed E-state index contributed by atoms with van der Waals surface area (Å²) in [4.78, 5) is 8.73. The molecule has 0 atom stereocenters. The van der Waals surface area contributed by atoms with Gasteiger partial charge >= 0.3 is 0 Å². The molecule has 0 aliphatic heterocycles. The minimum atomic E-state index is 0.288. The second kappa shape index (κ2) is 5.40. The number of rotatable bonds is 3. The van der Waals surface area contributed by atoms with E-state index in [1.54, 1.807) is 12.4 Å². The highest BCUT2D eigenvalue weighted by molar-refractivity contribution is 7.80. The summed E-state index contributed by atoms with van der Waals surface area (Å²) in [5.74, 6) is 1.67. The Balaban J connectivity index is 1.92.